The predicted molar refractivity (Wildman–Crippen MR) is 56.3 cm³/mol. The van der Waals surface area contributed by atoms with E-state index in [1.54, 1.807) is 13.1 Å². The summed E-state index contributed by atoms with van der Waals surface area (Å²) in [6.07, 6.45) is 1.57. The minimum absolute atomic E-state index is 0.544. The molecule has 2 N–H and O–H groups in total. The highest BCUT2D eigenvalue weighted by Crippen LogP contribution is 2.16. The second kappa shape index (κ2) is 3.91. The first kappa shape index (κ1) is 9.39. The number of aromatic nitrogens is 2. The summed E-state index contributed by atoms with van der Waals surface area (Å²) in [6.45, 7) is 1.75. The fourth-order valence-electron chi connectivity index (χ4n) is 1.26. The van der Waals surface area contributed by atoms with Crippen LogP contribution in [-0.2, 0) is 0 Å². The molecule has 0 fully saturated rings. The fourth-order valence-corrected chi connectivity index (χ4v) is 1.26. The van der Waals surface area contributed by atoms with Crippen molar-refractivity contribution in [2.45, 2.75) is 6.92 Å². The average Bonchev–Trinajstić information content (AvgIpc) is 2.66. The van der Waals surface area contributed by atoms with E-state index < -0.39 is 0 Å². The highest BCUT2D eigenvalue weighted by atomic mass is 16.5. The van der Waals surface area contributed by atoms with Crippen LogP contribution in [-0.4, -0.2) is 16.4 Å². The van der Waals surface area contributed by atoms with Gasteiger partial charge >= 0.3 is 0 Å². The molecule has 0 aliphatic rings. The summed E-state index contributed by atoms with van der Waals surface area (Å²) in [7, 11) is 0. The lowest BCUT2D eigenvalue weighted by molar-refractivity contribution is 0.394. The molecule has 0 spiro atoms. The molecule has 0 aliphatic carbocycles. The van der Waals surface area contributed by atoms with Gasteiger partial charge in [-0.1, -0.05) is 23.4 Å². The summed E-state index contributed by atoms with van der Waals surface area (Å²) in [5, 5.41) is 7.28. The topological polar surface area (TPSA) is 77.3 Å². The molecule has 0 saturated carbocycles. The fraction of sp³-hybridized carbons (Fsp3) is 0.100. The van der Waals surface area contributed by atoms with Crippen LogP contribution in [0.15, 0.2) is 33.9 Å². The lowest BCUT2D eigenvalue weighted by Gasteiger charge is -1.95. The first-order chi connectivity index (χ1) is 7.29. The van der Waals surface area contributed by atoms with Crippen molar-refractivity contribution < 1.29 is 4.52 Å². The van der Waals surface area contributed by atoms with Crippen LogP contribution >= 0.6 is 0 Å². The molecule has 0 unspecified atom stereocenters. The molecule has 0 aliphatic heterocycles. The monoisotopic (exact) mass is 202 g/mol. The number of hydrogen-bond donors (Lipinski definition) is 1. The number of nitrogens with two attached hydrogens (primary N) is 1. The van der Waals surface area contributed by atoms with Crippen molar-refractivity contribution in [2.24, 2.45) is 10.9 Å². The van der Waals surface area contributed by atoms with Gasteiger partial charge in [-0.15, -0.1) is 0 Å². The molecule has 5 nitrogen and oxygen atoms in total. The number of hydrogen-bond acceptors (Lipinski definition) is 5. The van der Waals surface area contributed by atoms with Crippen molar-refractivity contribution >= 4 is 6.21 Å². The summed E-state index contributed by atoms with van der Waals surface area (Å²) in [4.78, 5) is 4.13. The van der Waals surface area contributed by atoms with Crippen molar-refractivity contribution in [3.63, 3.8) is 0 Å². The third-order valence-corrected chi connectivity index (χ3v) is 1.90. The van der Waals surface area contributed by atoms with Crippen LogP contribution in [0.4, 0.5) is 0 Å². The number of aryl methyl sites for hydroxylation is 1. The Balaban J connectivity index is 2.40. The van der Waals surface area contributed by atoms with E-state index in [2.05, 4.69) is 15.2 Å². The smallest absolute Gasteiger partial charge is 0.223 e. The Morgan fingerprint density at radius 2 is 2.33 bits per heavy atom. The van der Waals surface area contributed by atoms with Gasteiger partial charge < -0.3 is 10.4 Å². The van der Waals surface area contributed by atoms with Crippen LogP contribution in [0.2, 0.25) is 0 Å². The van der Waals surface area contributed by atoms with E-state index in [1.807, 2.05) is 24.3 Å². The number of hydrazone groups is 1. The summed E-state index contributed by atoms with van der Waals surface area (Å²) < 4.78 is 4.90. The summed E-state index contributed by atoms with van der Waals surface area (Å²) >= 11 is 0. The number of benzene rings is 1. The van der Waals surface area contributed by atoms with E-state index in [0.29, 0.717) is 11.7 Å². The first-order valence-corrected chi connectivity index (χ1v) is 4.43. The summed E-state index contributed by atoms with van der Waals surface area (Å²) in [5.74, 6) is 6.19. The van der Waals surface area contributed by atoms with Crippen LogP contribution in [0.1, 0.15) is 11.5 Å². The maximum Gasteiger partial charge on any atom is 0.223 e. The van der Waals surface area contributed by atoms with Crippen molar-refractivity contribution in [3.05, 3.63) is 35.7 Å². The molecule has 1 aromatic heterocycles. The molecule has 1 heterocycles. The van der Waals surface area contributed by atoms with Gasteiger partial charge in [0.1, 0.15) is 0 Å². The van der Waals surface area contributed by atoms with E-state index in [1.165, 1.54) is 0 Å². The van der Waals surface area contributed by atoms with Crippen LogP contribution in [0.3, 0.4) is 0 Å². The Labute approximate surface area is 86.6 Å². The molecule has 76 valence electrons. The molecule has 0 radical (unpaired) electrons. The molecule has 0 amide bonds. The molecule has 0 bridgehead atoms. The molecule has 0 saturated heterocycles. The lowest BCUT2D eigenvalue weighted by atomic mass is 10.1. The highest BCUT2D eigenvalue weighted by Gasteiger charge is 2.05. The maximum absolute atomic E-state index is 5.07. The van der Waals surface area contributed by atoms with E-state index in [9.17, 15) is 0 Å². The first-order valence-electron chi connectivity index (χ1n) is 4.43. The molecule has 2 aromatic rings. The highest BCUT2D eigenvalue weighted by molar-refractivity contribution is 5.81. The average molecular weight is 202 g/mol. The number of nitrogens with zero attached hydrogens (tertiary/aromatic N) is 3. The van der Waals surface area contributed by atoms with E-state index in [-0.39, 0.29) is 0 Å². The van der Waals surface area contributed by atoms with Gasteiger partial charge in [-0.05, 0) is 11.6 Å². The van der Waals surface area contributed by atoms with Crippen molar-refractivity contribution in [1.29, 1.82) is 0 Å². The minimum atomic E-state index is 0.544. The Morgan fingerprint density at radius 3 is 3.00 bits per heavy atom. The summed E-state index contributed by atoms with van der Waals surface area (Å²) in [5.41, 5.74) is 1.78. The van der Waals surface area contributed by atoms with Gasteiger partial charge in [0.2, 0.25) is 11.7 Å². The largest absolute Gasteiger partial charge is 0.339 e. The third kappa shape index (κ3) is 2.01. The molecule has 0 atom stereocenters. The molecule has 1 aromatic carbocycles. The van der Waals surface area contributed by atoms with E-state index in [0.717, 1.165) is 11.1 Å². The van der Waals surface area contributed by atoms with Gasteiger partial charge in [0.25, 0.3) is 0 Å². The van der Waals surface area contributed by atoms with E-state index >= 15 is 0 Å². The van der Waals surface area contributed by atoms with Gasteiger partial charge in [0.05, 0.1) is 6.21 Å². The summed E-state index contributed by atoms with van der Waals surface area (Å²) in [6, 6.07) is 7.57. The zero-order valence-electron chi connectivity index (χ0n) is 8.21. The molecular weight excluding hydrogens is 192 g/mol. The van der Waals surface area contributed by atoms with Crippen molar-refractivity contribution in [1.82, 2.24) is 10.1 Å². The Morgan fingerprint density at radius 1 is 1.47 bits per heavy atom. The Hall–Kier alpha value is -2.17. The van der Waals surface area contributed by atoms with Crippen molar-refractivity contribution in [2.75, 3.05) is 0 Å². The second-order valence-corrected chi connectivity index (χ2v) is 3.04. The molecular formula is C10H10N4O. The second-order valence-electron chi connectivity index (χ2n) is 3.04. The Bertz CT molecular complexity index is 490. The van der Waals surface area contributed by atoms with Crippen LogP contribution in [0, 0.1) is 6.92 Å². The third-order valence-electron chi connectivity index (χ3n) is 1.90. The zero-order valence-corrected chi connectivity index (χ0v) is 8.21. The van der Waals surface area contributed by atoms with Crippen molar-refractivity contribution in [3.8, 4) is 11.4 Å². The normalized spacial score (nSPS) is 11.0. The van der Waals surface area contributed by atoms with Gasteiger partial charge in [-0.3, -0.25) is 0 Å². The van der Waals surface area contributed by atoms with Crippen LogP contribution < -0.4 is 5.84 Å². The van der Waals surface area contributed by atoms with E-state index in [4.69, 9.17) is 10.4 Å². The quantitative estimate of drug-likeness (QED) is 0.453. The standard InChI is InChI=1S/C10H10N4O/c1-7-13-10(14-15-7)9-4-2-3-8(5-9)6-12-11/h2-6H,11H2,1H3. The van der Waals surface area contributed by atoms with Crippen LogP contribution in [0.5, 0.6) is 0 Å². The minimum Gasteiger partial charge on any atom is -0.339 e. The molecule has 5 heteroatoms. The van der Waals surface area contributed by atoms with Gasteiger partial charge in [-0.2, -0.15) is 10.1 Å². The molecule has 15 heavy (non-hydrogen) atoms. The lowest BCUT2D eigenvalue weighted by Crippen LogP contribution is -1.88. The number of rotatable bonds is 2. The predicted octanol–water partition coefficient (Wildman–Crippen LogP) is 1.34. The molecule has 2 rings (SSSR count). The maximum atomic E-state index is 5.07. The SMILES string of the molecule is Cc1nc(-c2cccc(C=NN)c2)no1. The zero-order chi connectivity index (χ0) is 10.7. The van der Waals surface area contributed by atoms with Gasteiger partial charge in [0, 0.05) is 12.5 Å². The Kier molecular flexibility index (Phi) is 2.45. The van der Waals surface area contributed by atoms with Crippen LogP contribution in [0.25, 0.3) is 11.4 Å². The van der Waals surface area contributed by atoms with Gasteiger partial charge in [0.15, 0.2) is 0 Å². The van der Waals surface area contributed by atoms with Gasteiger partial charge in [-0.25, -0.2) is 0 Å².